The molecule has 8 nitrogen and oxygen atoms in total. The van der Waals surface area contributed by atoms with Crippen molar-refractivity contribution in [3.8, 4) is 5.69 Å². The molecular formula is C21H27N5O3. The number of rotatable bonds is 4. The molecule has 2 aliphatic rings. The van der Waals surface area contributed by atoms with Crippen molar-refractivity contribution in [2.75, 3.05) is 12.8 Å². The van der Waals surface area contributed by atoms with Crippen LogP contribution in [0, 0.1) is 0 Å². The van der Waals surface area contributed by atoms with Crippen LogP contribution >= 0.6 is 0 Å². The molecule has 1 aromatic carbocycles. The fourth-order valence-corrected chi connectivity index (χ4v) is 4.47. The molecule has 1 saturated carbocycles. The van der Waals surface area contributed by atoms with E-state index in [9.17, 15) is 9.59 Å². The van der Waals surface area contributed by atoms with Crippen LogP contribution in [-0.2, 0) is 17.6 Å². The van der Waals surface area contributed by atoms with E-state index in [2.05, 4.69) is 32.5 Å². The van der Waals surface area contributed by atoms with Crippen LogP contribution in [0.4, 0.5) is 10.6 Å². The summed E-state index contributed by atoms with van der Waals surface area (Å²) < 4.78 is 6.21. The maximum absolute atomic E-state index is 12.1. The number of hydrogen-bond acceptors (Lipinski definition) is 6. The summed E-state index contributed by atoms with van der Waals surface area (Å²) in [5.41, 5.74) is 8.63. The lowest BCUT2D eigenvalue weighted by atomic mass is 9.87. The number of benzene rings is 1. The molecule has 4 rings (SSSR count). The number of nitrogens with two attached hydrogens (primary N) is 1. The van der Waals surface area contributed by atoms with Crippen LogP contribution in [0.3, 0.4) is 0 Å². The minimum atomic E-state index is -0.364. The van der Waals surface area contributed by atoms with Gasteiger partial charge in [-0.2, -0.15) is 4.98 Å². The summed E-state index contributed by atoms with van der Waals surface area (Å²) in [5.74, 6) is 0.231. The number of aryl methyl sites for hydroxylation is 1. The molecule has 29 heavy (non-hydrogen) atoms. The number of fused-ring (bicyclic) bond motifs is 1. The van der Waals surface area contributed by atoms with Crippen LogP contribution in [0.25, 0.3) is 5.69 Å². The molecule has 1 heterocycles. The van der Waals surface area contributed by atoms with Gasteiger partial charge in [-0.05, 0) is 67.9 Å². The summed E-state index contributed by atoms with van der Waals surface area (Å²) >= 11 is 0. The van der Waals surface area contributed by atoms with Crippen LogP contribution in [0.2, 0.25) is 0 Å². The number of amides is 1. The Labute approximate surface area is 169 Å². The molecule has 1 amide bonds. The summed E-state index contributed by atoms with van der Waals surface area (Å²) in [7, 11) is 1.39. The van der Waals surface area contributed by atoms with E-state index in [1.165, 1.54) is 22.8 Å². The second kappa shape index (κ2) is 8.24. The lowest BCUT2D eigenvalue weighted by Gasteiger charge is -2.29. The second-order valence-electron chi connectivity index (χ2n) is 7.91. The number of carbonyl (C=O) groups is 1. The highest BCUT2D eigenvalue weighted by Gasteiger charge is 2.29. The number of aromatic nitrogens is 2. The summed E-state index contributed by atoms with van der Waals surface area (Å²) in [6.07, 6.45) is 7.27. The molecule has 154 valence electrons. The molecule has 8 heteroatoms. The molecule has 2 aliphatic carbocycles. The Morgan fingerprint density at radius 1 is 1.17 bits per heavy atom. The molecule has 4 N–H and O–H groups in total. The molecule has 0 spiro atoms. The Morgan fingerprint density at radius 2 is 2.00 bits per heavy atom. The Hall–Kier alpha value is -2.87. The van der Waals surface area contributed by atoms with Crippen LogP contribution in [-0.4, -0.2) is 40.9 Å². The first-order chi connectivity index (χ1) is 14.0. The van der Waals surface area contributed by atoms with E-state index >= 15 is 0 Å². The summed E-state index contributed by atoms with van der Waals surface area (Å²) in [5, 5.41) is 6.67. The Balaban J connectivity index is 1.38. The minimum absolute atomic E-state index is 0.185. The van der Waals surface area contributed by atoms with Crippen molar-refractivity contribution in [2.24, 2.45) is 0 Å². The predicted molar refractivity (Wildman–Crippen MR) is 110 cm³/mol. The van der Waals surface area contributed by atoms with Gasteiger partial charge in [0.2, 0.25) is 0 Å². The molecule has 0 aliphatic heterocycles. The Kier molecular flexibility index (Phi) is 5.53. The summed E-state index contributed by atoms with van der Waals surface area (Å²) in [6, 6.07) is 8.81. The standard InChI is InChI=1S/C21H27N5O3/c1-29-21(28)24-17-6-5-16(12-17)23-15-4-2-14-11-18(7-3-13(14)10-15)26-9-8-19(22)25-20(26)27/h3,7-9,11,15-17,23H,2,4-6,10,12H2,1H3,(H,24,28)(H2,22,25,27)/t15?,16-,17-/m0/s1. The first-order valence-corrected chi connectivity index (χ1v) is 10.1. The third-order valence-electron chi connectivity index (χ3n) is 5.93. The summed E-state index contributed by atoms with van der Waals surface area (Å²) in [4.78, 5) is 27.3. The first-order valence-electron chi connectivity index (χ1n) is 10.1. The third kappa shape index (κ3) is 4.42. The number of alkyl carbamates (subject to hydrolysis) is 1. The molecule has 0 radical (unpaired) electrons. The zero-order chi connectivity index (χ0) is 20.4. The van der Waals surface area contributed by atoms with E-state index in [4.69, 9.17) is 5.73 Å². The number of ether oxygens (including phenoxy) is 1. The average molecular weight is 397 g/mol. The monoisotopic (exact) mass is 397 g/mol. The number of nitrogens with one attached hydrogen (secondary N) is 2. The van der Waals surface area contributed by atoms with Gasteiger partial charge in [0, 0.05) is 24.3 Å². The zero-order valence-electron chi connectivity index (χ0n) is 16.6. The van der Waals surface area contributed by atoms with E-state index < -0.39 is 0 Å². The van der Waals surface area contributed by atoms with Gasteiger partial charge in [0.25, 0.3) is 0 Å². The van der Waals surface area contributed by atoms with Gasteiger partial charge >= 0.3 is 11.8 Å². The van der Waals surface area contributed by atoms with Crippen LogP contribution in [0.1, 0.15) is 36.8 Å². The van der Waals surface area contributed by atoms with E-state index in [0.29, 0.717) is 12.1 Å². The van der Waals surface area contributed by atoms with Gasteiger partial charge in [0.1, 0.15) is 5.82 Å². The number of hydrogen-bond donors (Lipinski definition) is 3. The fraction of sp³-hybridized carbons (Fsp3) is 0.476. The highest BCUT2D eigenvalue weighted by molar-refractivity contribution is 5.67. The molecule has 1 aromatic heterocycles. The SMILES string of the molecule is COC(=O)N[C@H]1CC[C@H](NC2CCc3cc(-n4ccc(N)nc4=O)ccc3C2)C1. The highest BCUT2D eigenvalue weighted by Crippen LogP contribution is 2.26. The van der Waals surface area contributed by atoms with Gasteiger partial charge < -0.3 is 21.1 Å². The van der Waals surface area contributed by atoms with Gasteiger partial charge in [-0.15, -0.1) is 0 Å². The molecule has 1 unspecified atom stereocenters. The van der Waals surface area contributed by atoms with Gasteiger partial charge in [-0.3, -0.25) is 4.57 Å². The minimum Gasteiger partial charge on any atom is -0.453 e. The molecule has 2 aromatic rings. The normalized spacial score (nSPS) is 23.4. The van der Waals surface area contributed by atoms with Crippen molar-refractivity contribution in [3.05, 3.63) is 52.1 Å². The second-order valence-corrected chi connectivity index (χ2v) is 7.91. The van der Waals surface area contributed by atoms with Gasteiger partial charge in [-0.25, -0.2) is 9.59 Å². The molecular weight excluding hydrogens is 370 g/mol. The van der Waals surface area contributed by atoms with Crippen molar-refractivity contribution in [2.45, 2.75) is 56.7 Å². The molecule has 3 atom stereocenters. The highest BCUT2D eigenvalue weighted by atomic mass is 16.5. The molecule has 0 bridgehead atoms. The van der Waals surface area contributed by atoms with Crippen LogP contribution in [0.15, 0.2) is 35.3 Å². The number of nitrogen functional groups attached to an aromatic ring is 1. The number of nitrogens with zero attached hydrogens (tertiary/aromatic N) is 2. The maximum Gasteiger partial charge on any atom is 0.407 e. The van der Waals surface area contributed by atoms with Crippen LogP contribution < -0.4 is 22.1 Å². The van der Waals surface area contributed by atoms with Crippen molar-refractivity contribution < 1.29 is 9.53 Å². The number of anilines is 1. The Morgan fingerprint density at radius 3 is 2.79 bits per heavy atom. The third-order valence-corrected chi connectivity index (χ3v) is 5.93. The molecule has 1 fully saturated rings. The lowest BCUT2D eigenvalue weighted by Crippen LogP contribution is -2.42. The topological polar surface area (TPSA) is 111 Å². The average Bonchev–Trinajstić information content (AvgIpc) is 3.14. The number of methoxy groups -OCH3 is 1. The predicted octanol–water partition coefficient (Wildman–Crippen LogP) is 1.54. The quantitative estimate of drug-likeness (QED) is 0.722. The van der Waals surface area contributed by atoms with Crippen molar-refractivity contribution in [1.82, 2.24) is 20.2 Å². The van der Waals surface area contributed by atoms with Crippen molar-refractivity contribution in [1.29, 1.82) is 0 Å². The fourth-order valence-electron chi connectivity index (χ4n) is 4.47. The lowest BCUT2D eigenvalue weighted by molar-refractivity contribution is 0.166. The van der Waals surface area contributed by atoms with E-state index in [1.54, 1.807) is 12.3 Å². The van der Waals surface area contributed by atoms with Crippen LogP contribution in [0.5, 0.6) is 0 Å². The summed E-state index contributed by atoms with van der Waals surface area (Å²) in [6.45, 7) is 0. The first kappa shape index (κ1) is 19.4. The van der Waals surface area contributed by atoms with E-state index in [0.717, 1.165) is 44.2 Å². The smallest absolute Gasteiger partial charge is 0.407 e. The van der Waals surface area contributed by atoms with E-state index in [1.807, 2.05) is 6.07 Å². The van der Waals surface area contributed by atoms with E-state index in [-0.39, 0.29) is 23.6 Å². The van der Waals surface area contributed by atoms with Gasteiger partial charge in [0.05, 0.1) is 12.8 Å². The number of carbonyl (C=O) groups excluding carboxylic acids is 1. The maximum atomic E-state index is 12.1. The van der Waals surface area contributed by atoms with Gasteiger partial charge in [-0.1, -0.05) is 6.07 Å². The Bertz CT molecular complexity index is 958. The van der Waals surface area contributed by atoms with Gasteiger partial charge in [0.15, 0.2) is 0 Å². The zero-order valence-corrected chi connectivity index (χ0v) is 16.6. The van der Waals surface area contributed by atoms with Crippen molar-refractivity contribution in [3.63, 3.8) is 0 Å². The largest absolute Gasteiger partial charge is 0.453 e. The molecule has 0 saturated heterocycles. The van der Waals surface area contributed by atoms with Crippen molar-refractivity contribution >= 4 is 11.9 Å².